The van der Waals surface area contributed by atoms with Gasteiger partial charge in [-0.2, -0.15) is 0 Å². The number of rotatable bonds is 6. The van der Waals surface area contributed by atoms with Crippen molar-refractivity contribution in [3.63, 3.8) is 0 Å². The predicted octanol–water partition coefficient (Wildman–Crippen LogP) is 2.00. The third-order valence-electron chi connectivity index (χ3n) is 3.37. The van der Waals surface area contributed by atoms with Crippen LogP contribution in [-0.2, 0) is 10.4 Å². The SMILES string of the molecule is CC[C@H](C(=O)NC[C@@](C)(O)c1ccccc1Cl)N(C)C. The second-order valence-corrected chi connectivity index (χ2v) is 5.77. The maximum Gasteiger partial charge on any atom is 0.237 e. The first kappa shape index (κ1) is 17.0. The number of halogens is 1. The molecule has 0 aromatic heterocycles. The summed E-state index contributed by atoms with van der Waals surface area (Å²) in [4.78, 5) is 13.9. The van der Waals surface area contributed by atoms with Gasteiger partial charge in [-0.1, -0.05) is 36.7 Å². The Bertz CT molecular complexity index is 461. The van der Waals surface area contributed by atoms with Crippen LogP contribution in [0.1, 0.15) is 25.8 Å². The highest BCUT2D eigenvalue weighted by atomic mass is 35.5. The Hall–Kier alpha value is -1.10. The zero-order chi connectivity index (χ0) is 15.3. The average Bonchev–Trinajstić information content (AvgIpc) is 2.37. The number of likely N-dealkylation sites (N-methyl/N-ethyl adjacent to an activating group) is 1. The number of aliphatic hydroxyl groups is 1. The molecule has 0 spiro atoms. The van der Waals surface area contributed by atoms with Crippen molar-refractivity contribution in [2.24, 2.45) is 0 Å². The Morgan fingerprint density at radius 1 is 1.45 bits per heavy atom. The number of nitrogens with one attached hydrogen (secondary N) is 1. The van der Waals surface area contributed by atoms with Gasteiger partial charge < -0.3 is 10.4 Å². The van der Waals surface area contributed by atoms with Crippen molar-refractivity contribution in [2.45, 2.75) is 31.9 Å². The fourth-order valence-corrected chi connectivity index (χ4v) is 2.49. The van der Waals surface area contributed by atoms with Crippen molar-refractivity contribution in [2.75, 3.05) is 20.6 Å². The minimum absolute atomic E-state index is 0.0928. The predicted molar refractivity (Wildman–Crippen MR) is 81.8 cm³/mol. The van der Waals surface area contributed by atoms with Crippen LogP contribution in [0.4, 0.5) is 0 Å². The van der Waals surface area contributed by atoms with Crippen LogP contribution in [0.5, 0.6) is 0 Å². The smallest absolute Gasteiger partial charge is 0.237 e. The molecule has 1 aromatic rings. The molecule has 1 amide bonds. The molecule has 20 heavy (non-hydrogen) atoms. The van der Waals surface area contributed by atoms with Crippen molar-refractivity contribution < 1.29 is 9.90 Å². The Morgan fingerprint density at radius 3 is 2.55 bits per heavy atom. The molecule has 0 saturated carbocycles. The van der Waals surface area contributed by atoms with Gasteiger partial charge in [0.15, 0.2) is 0 Å². The number of amides is 1. The molecule has 0 aliphatic heterocycles. The summed E-state index contributed by atoms with van der Waals surface area (Å²) in [5.41, 5.74) is -0.585. The molecular formula is C15H23ClN2O2. The van der Waals surface area contributed by atoms with Crippen molar-refractivity contribution in [1.82, 2.24) is 10.2 Å². The van der Waals surface area contributed by atoms with Gasteiger partial charge in [-0.05, 0) is 33.5 Å². The lowest BCUT2D eigenvalue weighted by atomic mass is 9.95. The van der Waals surface area contributed by atoms with Crippen molar-refractivity contribution in [3.05, 3.63) is 34.9 Å². The minimum atomic E-state index is -1.20. The summed E-state index contributed by atoms with van der Waals surface area (Å²) in [5.74, 6) is -0.0928. The molecule has 0 heterocycles. The molecule has 4 nitrogen and oxygen atoms in total. The van der Waals surface area contributed by atoms with E-state index >= 15 is 0 Å². The summed E-state index contributed by atoms with van der Waals surface area (Å²) in [6, 6.07) is 6.91. The lowest BCUT2D eigenvalue weighted by Gasteiger charge is -2.28. The molecule has 1 rings (SSSR count). The molecule has 2 N–H and O–H groups in total. The molecular weight excluding hydrogens is 276 g/mol. The van der Waals surface area contributed by atoms with E-state index in [2.05, 4.69) is 5.32 Å². The van der Waals surface area contributed by atoms with Crippen LogP contribution in [-0.4, -0.2) is 42.6 Å². The third kappa shape index (κ3) is 4.20. The maximum atomic E-state index is 12.1. The monoisotopic (exact) mass is 298 g/mol. The minimum Gasteiger partial charge on any atom is -0.384 e. The number of hydrogen-bond acceptors (Lipinski definition) is 3. The van der Waals surface area contributed by atoms with Crippen LogP contribution in [0.15, 0.2) is 24.3 Å². The Balaban J connectivity index is 2.73. The molecule has 0 aliphatic carbocycles. The average molecular weight is 299 g/mol. The Morgan fingerprint density at radius 2 is 2.05 bits per heavy atom. The fraction of sp³-hybridized carbons (Fsp3) is 0.533. The molecule has 0 radical (unpaired) electrons. The van der Waals surface area contributed by atoms with E-state index in [0.29, 0.717) is 17.0 Å². The highest BCUT2D eigenvalue weighted by Gasteiger charge is 2.27. The number of carbonyl (C=O) groups excluding carboxylic acids is 1. The van der Waals surface area contributed by atoms with E-state index in [1.807, 2.05) is 32.0 Å². The van der Waals surface area contributed by atoms with Gasteiger partial charge in [0, 0.05) is 10.6 Å². The van der Waals surface area contributed by atoms with Crippen molar-refractivity contribution in [1.29, 1.82) is 0 Å². The van der Waals surface area contributed by atoms with Gasteiger partial charge in [0.2, 0.25) is 5.91 Å². The molecule has 0 aliphatic rings. The summed E-state index contributed by atoms with van der Waals surface area (Å²) in [6.45, 7) is 3.72. The molecule has 5 heteroatoms. The van der Waals surface area contributed by atoms with Gasteiger partial charge >= 0.3 is 0 Å². The molecule has 0 fully saturated rings. The van der Waals surface area contributed by atoms with E-state index in [4.69, 9.17) is 11.6 Å². The van der Waals surface area contributed by atoms with E-state index in [9.17, 15) is 9.90 Å². The lowest BCUT2D eigenvalue weighted by molar-refractivity contribution is -0.126. The van der Waals surface area contributed by atoms with E-state index < -0.39 is 5.60 Å². The van der Waals surface area contributed by atoms with Gasteiger partial charge in [0.1, 0.15) is 5.60 Å². The molecule has 0 saturated heterocycles. The summed E-state index contributed by atoms with van der Waals surface area (Å²) < 4.78 is 0. The van der Waals surface area contributed by atoms with Crippen LogP contribution in [0.2, 0.25) is 5.02 Å². The summed E-state index contributed by atoms with van der Waals surface area (Å²) in [5, 5.41) is 13.8. The number of nitrogens with zero attached hydrogens (tertiary/aromatic N) is 1. The quantitative estimate of drug-likeness (QED) is 0.845. The first-order chi connectivity index (χ1) is 9.29. The second kappa shape index (κ2) is 7.07. The zero-order valence-electron chi connectivity index (χ0n) is 12.5. The summed E-state index contributed by atoms with van der Waals surface area (Å²) >= 11 is 6.08. The van der Waals surface area contributed by atoms with Crippen LogP contribution < -0.4 is 5.32 Å². The molecule has 0 bridgehead atoms. The van der Waals surface area contributed by atoms with E-state index in [0.717, 1.165) is 0 Å². The maximum absolute atomic E-state index is 12.1. The van der Waals surface area contributed by atoms with Gasteiger partial charge in [0.25, 0.3) is 0 Å². The normalized spacial score (nSPS) is 15.8. The molecule has 1 aromatic carbocycles. The lowest BCUT2D eigenvalue weighted by Crippen LogP contribution is -2.47. The van der Waals surface area contributed by atoms with Crippen LogP contribution in [0, 0.1) is 0 Å². The largest absolute Gasteiger partial charge is 0.384 e. The Kier molecular flexibility index (Phi) is 5.99. The molecule has 0 unspecified atom stereocenters. The van der Waals surface area contributed by atoms with E-state index in [1.54, 1.807) is 25.1 Å². The second-order valence-electron chi connectivity index (χ2n) is 5.36. The van der Waals surface area contributed by atoms with Crippen LogP contribution >= 0.6 is 11.6 Å². The van der Waals surface area contributed by atoms with Gasteiger partial charge in [-0.25, -0.2) is 0 Å². The summed E-state index contributed by atoms with van der Waals surface area (Å²) in [6.07, 6.45) is 0.715. The molecule has 2 atom stereocenters. The number of benzene rings is 1. The number of hydrogen-bond donors (Lipinski definition) is 2. The zero-order valence-corrected chi connectivity index (χ0v) is 13.2. The van der Waals surface area contributed by atoms with Gasteiger partial charge in [-0.15, -0.1) is 0 Å². The Labute approximate surface area is 125 Å². The van der Waals surface area contributed by atoms with E-state index in [1.165, 1.54) is 0 Å². The highest BCUT2D eigenvalue weighted by Crippen LogP contribution is 2.27. The van der Waals surface area contributed by atoms with E-state index in [-0.39, 0.29) is 18.5 Å². The van der Waals surface area contributed by atoms with Gasteiger partial charge in [0.05, 0.1) is 12.6 Å². The van der Waals surface area contributed by atoms with Crippen molar-refractivity contribution >= 4 is 17.5 Å². The third-order valence-corrected chi connectivity index (χ3v) is 3.70. The van der Waals surface area contributed by atoms with Gasteiger partial charge in [-0.3, -0.25) is 9.69 Å². The van der Waals surface area contributed by atoms with Crippen LogP contribution in [0.25, 0.3) is 0 Å². The number of carbonyl (C=O) groups is 1. The fourth-order valence-electron chi connectivity index (χ4n) is 2.16. The highest BCUT2D eigenvalue weighted by molar-refractivity contribution is 6.31. The first-order valence-corrected chi connectivity index (χ1v) is 7.09. The van der Waals surface area contributed by atoms with Crippen molar-refractivity contribution in [3.8, 4) is 0 Å². The van der Waals surface area contributed by atoms with Crippen LogP contribution in [0.3, 0.4) is 0 Å². The topological polar surface area (TPSA) is 52.6 Å². The molecule has 112 valence electrons. The summed E-state index contributed by atoms with van der Waals surface area (Å²) in [7, 11) is 3.72. The standard InChI is InChI=1S/C15H23ClN2O2/c1-5-13(18(3)4)14(19)17-10-15(2,20)11-8-6-7-9-12(11)16/h6-9,13,20H,5,10H2,1-4H3,(H,17,19)/t13-,15-/m1/s1. The first-order valence-electron chi connectivity index (χ1n) is 6.71.